The third kappa shape index (κ3) is 4.96. The summed E-state index contributed by atoms with van der Waals surface area (Å²) in [5.41, 5.74) is 0.981. The van der Waals surface area contributed by atoms with Crippen LogP contribution in [0, 0.1) is 6.92 Å². The van der Waals surface area contributed by atoms with E-state index in [0.29, 0.717) is 11.3 Å². The molecule has 3 aromatic rings. The molecule has 3 rings (SSSR count). The van der Waals surface area contributed by atoms with Crippen LogP contribution in [-0.4, -0.2) is 30.4 Å². The van der Waals surface area contributed by atoms with Crippen LogP contribution in [0.5, 0.6) is 0 Å². The number of hydrogen-bond acceptors (Lipinski definition) is 4. The van der Waals surface area contributed by atoms with Crippen molar-refractivity contribution in [3.63, 3.8) is 0 Å². The van der Waals surface area contributed by atoms with Gasteiger partial charge in [0, 0.05) is 23.1 Å². The summed E-state index contributed by atoms with van der Waals surface area (Å²) in [6.07, 6.45) is -1.89. The molecule has 31 heavy (non-hydrogen) atoms. The Morgan fingerprint density at radius 2 is 1.77 bits per heavy atom. The first-order valence-electron chi connectivity index (χ1n) is 9.21. The second kappa shape index (κ2) is 8.18. The van der Waals surface area contributed by atoms with E-state index in [1.807, 2.05) is 0 Å². The predicted octanol–water partition coefficient (Wildman–Crippen LogP) is 4.09. The molecular formula is C21H20F3N3O3S. The van der Waals surface area contributed by atoms with Crippen molar-refractivity contribution in [2.75, 3.05) is 6.26 Å². The van der Waals surface area contributed by atoms with Crippen molar-refractivity contribution >= 4 is 15.7 Å². The first-order chi connectivity index (χ1) is 14.4. The van der Waals surface area contributed by atoms with Crippen LogP contribution in [0.15, 0.2) is 59.6 Å². The number of rotatable bonds is 5. The maximum absolute atomic E-state index is 13.0. The minimum atomic E-state index is -4.46. The number of carbonyl (C=O) groups excluding carboxylic acids is 1. The summed E-state index contributed by atoms with van der Waals surface area (Å²) < 4.78 is 63.5. The molecule has 0 saturated heterocycles. The Morgan fingerprint density at radius 1 is 1.13 bits per heavy atom. The molecule has 10 heteroatoms. The second-order valence-corrected chi connectivity index (χ2v) is 9.15. The Morgan fingerprint density at radius 3 is 2.35 bits per heavy atom. The van der Waals surface area contributed by atoms with Crippen molar-refractivity contribution in [2.45, 2.75) is 31.0 Å². The van der Waals surface area contributed by atoms with Gasteiger partial charge in [-0.25, -0.2) is 13.1 Å². The van der Waals surface area contributed by atoms with Crippen LogP contribution in [-0.2, 0) is 16.0 Å². The highest BCUT2D eigenvalue weighted by molar-refractivity contribution is 7.90. The average molecular weight is 451 g/mol. The van der Waals surface area contributed by atoms with E-state index in [4.69, 9.17) is 0 Å². The molecule has 2 aromatic carbocycles. The van der Waals surface area contributed by atoms with Crippen LogP contribution in [0.3, 0.4) is 0 Å². The molecule has 0 unspecified atom stereocenters. The molecule has 0 spiro atoms. The molecule has 1 atom stereocenters. The quantitative estimate of drug-likeness (QED) is 0.634. The number of amides is 1. The van der Waals surface area contributed by atoms with Crippen molar-refractivity contribution in [1.29, 1.82) is 0 Å². The molecule has 164 valence electrons. The van der Waals surface area contributed by atoms with Gasteiger partial charge in [-0.2, -0.15) is 18.3 Å². The minimum Gasteiger partial charge on any atom is -0.345 e. The van der Waals surface area contributed by atoms with E-state index in [1.165, 1.54) is 47.3 Å². The van der Waals surface area contributed by atoms with Crippen molar-refractivity contribution in [3.8, 4) is 5.69 Å². The zero-order valence-electron chi connectivity index (χ0n) is 16.9. The van der Waals surface area contributed by atoms with Crippen LogP contribution >= 0.6 is 0 Å². The van der Waals surface area contributed by atoms with Crippen molar-refractivity contribution in [3.05, 3.63) is 77.1 Å². The molecule has 0 aliphatic rings. The molecule has 1 amide bonds. The number of alkyl halides is 3. The van der Waals surface area contributed by atoms with Gasteiger partial charge in [0.1, 0.15) is 0 Å². The van der Waals surface area contributed by atoms with E-state index >= 15 is 0 Å². The van der Waals surface area contributed by atoms with Gasteiger partial charge < -0.3 is 5.32 Å². The van der Waals surface area contributed by atoms with Gasteiger partial charge in [0.15, 0.2) is 9.84 Å². The fraction of sp³-hybridized carbons (Fsp3) is 0.238. The normalized spacial score (nSPS) is 13.1. The number of nitrogens with one attached hydrogen (secondary N) is 1. The molecule has 0 radical (unpaired) electrons. The van der Waals surface area contributed by atoms with Gasteiger partial charge in [0.25, 0.3) is 5.91 Å². The Bertz CT molecular complexity index is 1220. The molecule has 0 saturated carbocycles. The lowest BCUT2D eigenvalue weighted by atomic mass is 10.1. The summed E-state index contributed by atoms with van der Waals surface area (Å²) >= 11 is 0. The van der Waals surface area contributed by atoms with E-state index in [1.54, 1.807) is 13.8 Å². The van der Waals surface area contributed by atoms with Gasteiger partial charge >= 0.3 is 6.18 Å². The predicted molar refractivity (Wildman–Crippen MR) is 109 cm³/mol. The van der Waals surface area contributed by atoms with Gasteiger partial charge in [-0.1, -0.05) is 6.07 Å². The lowest BCUT2D eigenvalue weighted by molar-refractivity contribution is -0.137. The summed E-state index contributed by atoms with van der Waals surface area (Å²) in [5.74, 6) is -0.418. The number of aromatic nitrogens is 2. The number of sulfone groups is 1. The van der Waals surface area contributed by atoms with Gasteiger partial charge in [0.2, 0.25) is 0 Å². The number of carbonyl (C=O) groups is 1. The maximum atomic E-state index is 13.0. The number of hydrogen-bond donors (Lipinski definition) is 1. The monoisotopic (exact) mass is 451 g/mol. The SMILES string of the molecule is Cc1c([C@H](C)NC(=O)c2ccc(S(C)(=O)=O)cc2)cnn1-c1cccc(C(F)(F)F)c1. The first kappa shape index (κ1) is 22.5. The van der Waals surface area contributed by atoms with Crippen LogP contribution in [0.1, 0.15) is 40.1 Å². The van der Waals surface area contributed by atoms with Crippen LogP contribution in [0.25, 0.3) is 5.69 Å². The highest BCUT2D eigenvalue weighted by atomic mass is 32.2. The molecule has 0 bridgehead atoms. The van der Waals surface area contributed by atoms with Crippen LogP contribution in [0.4, 0.5) is 13.2 Å². The fourth-order valence-corrected chi connectivity index (χ4v) is 3.76. The Labute approximate surface area is 177 Å². The van der Waals surface area contributed by atoms with Crippen molar-refractivity contribution in [1.82, 2.24) is 15.1 Å². The summed E-state index contributed by atoms with van der Waals surface area (Å²) in [4.78, 5) is 12.6. The molecule has 1 heterocycles. The standard InChI is InChI=1S/C21H20F3N3O3S/c1-13(26-20(28)15-7-9-18(10-8-15)31(3,29)30)19-12-25-27(14(19)2)17-6-4-5-16(11-17)21(22,23)24/h4-13H,1-3H3,(H,26,28)/t13-/m0/s1. The van der Waals surface area contributed by atoms with E-state index in [0.717, 1.165) is 18.4 Å². The molecule has 1 N–H and O–H groups in total. The molecule has 0 aliphatic carbocycles. The van der Waals surface area contributed by atoms with Gasteiger partial charge in [-0.05, 0) is 56.3 Å². The summed E-state index contributed by atoms with van der Waals surface area (Å²) in [5, 5.41) is 6.97. The molecular weight excluding hydrogens is 431 g/mol. The first-order valence-corrected chi connectivity index (χ1v) is 11.1. The highest BCUT2D eigenvalue weighted by Gasteiger charge is 2.30. The van der Waals surface area contributed by atoms with E-state index in [-0.39, 0.29) is 16.1 Å². The zero-order chi connectivity index (χ0) is 23.0. The molecule has 1 aromatic heterocycles. The Kier molecular flexibility index (Phi) is 5.95. The second-order valence-electron chi connectivity index (χ2n) is 7.14. The van der Waals surface area contributed by atoms with Crippen LogP contribution in [0.2, 0.25) is 0 Å². The van der Waals surface area contributed by atoms with E-state index in [2.05, 4.69) is 10.4 Å². The van der Waals surface area contributed by atoms with E-state index in [9.17, 15) is 26.4 Å². The van der Waals surface area contributed by atoms with E-state index < -0.39 is 33.5 Å². The van der Waals surface area contributed by atoms with Crippen molar-refractivity contribution < 1.29 is 26.4 Å². The number of nitrogens with zero attached hydrogens (tertiary/aromatic N) is 2. The lowest BCUT2D eigenvalue weighted by Gasteiger charge is -2.15. The van der Waals surface area contributed by atoms with Gasteiger partial charge in [-0.3, -0.25) is 4.79 Å². The largest absolute Gasteiger partial charge is 0.416 e. The fourth-order valence-electron chi connectivity index (χ4n) is 3.13. The third-order valence-corrected chi connectivity index (χ3v) is 5.95. The summed E-state index contributed by atoms with van der Waals surface area (Å²) in [7, 11) is -3.37. The number of benzene rings is 2. The zero-order valence-corrected chi connectivity index (χ0v) is 17.8. The van der Waals surface area contributed by atoms with Gasteiger partial charge in [0.05, 0.1) is 28.4 Å². The van der Waals surface area contributed by atoms with Gasteiger partial charge in [-0.15, -0.1) is 0 Å². The smallest absolute Gasteiger partial charge is 0.345 e. The molecule has 6 nitrogen and oxygen atoms in total. The Hall–Kier alpha value is -3.14. The molecule has 0 fully saturated rings. The van der Waals surface area contributed by atoms with Crippen molar-refractivity contribution in [2.24, 2.45) is 0 Å². The lowest BCUT2D eigenvalue weighted by Crippen LogP contribution is -2.27. The third-order valence-electron chi connectivity index (χ3n) is 4.82. The average Bonchev–Trinajstić information content (AvgIpc) is 3.08. The summed E-state index contributed by atoms with van der Waals surface area (Å²) in [6.45, 7) is 3.43. The number of halogens is 3. The van der Waals surface area contributed by atoms with Crippen LogP contribution < -0.4 is 5.32 Å². The summed E-state index contributed by atoms with van der Waals surface area (Å²) in [6, 6.07) is 9.88. The highest BCUT2D eigenvalue weighted by Crippen LogP contribution is 2.31. The topological polar surface area (TPSA) is 81.1 Å². The Balaban J connectivity index is 1.80. The molecule has 0 aliphatic heterocycles. The minimum absolute atomic E-state index is 0.107. The maximum Gasteiger partial charge on any atom is 0.416 e.